The van der Waals surface area contributed by atoms with Crippen molar-refractivity contribution in [3.63, 3.8) is 0 Å². The zero-order valence-electron chi connectivity index (χ0n) is 9.67. The van der Waals surface area contributed by atoms with E-state index < -0.39 is 0 Å². The van der Waals surface area contributed by atoms with E-state index in [4.69, 9.17) is 5.26 Å². The van der Waals surface area contributed by atoms with E-state index in [1.807, 2.05) is 0 Å². The smallest absolute Gasteiger partial charge is 0.0823 e. The lowest BCUT2D eigenvalue weighted by molar-refractivity contribution is 0.837. The van der Waals surface area contributed by atoms with Crippen molar-refractivity contribution in [3.05, 3.63) is 34.9 Å². The summed E-state index contributed by atoms with van der Waals surface area (Å²) in [5.41, 5.74) is 3.80. The number of benzene rings is 1. The molecule has 0 spiro atoms. The van der Waals surface area contributed by atoms with Crippen LogP contribution in [0.5, 0.6) is 0 Å². The molecular weight excluding hydrogens is 182 g/mol. The summed E-state index contributed by atoms with van der Waals surface area (Å²) in [6, 6.07) is 8.96. The summed E-state index contributed by atoms with van der Waals surface area (Å²) in [5.74, 6) is 0.541. The molecule has 0 unspecified atom stereocenters. The molecule has 1 aliphatic rings. The third kappa shape index (κ3) is 1.65. The zero-order valence-corrected chi connectivity index (χ0v) is 9.67. The van der Waals surface area contributed by atoms with Gasteiger partial charge in [0.2, 0.25) is 0 Å². The minimum absolute atomic E-state index is 0.142. The number of hydrogen-bond acceptors (Lipinski definition) is 1. The third-order valence-electron chi connectivity index (χ3n) is 3.42. The normalized spacial score (nSPS) is 17.5. The Morgan fingerprint density at radius 2 is 2.00 bits per heavy atom. The first-order valence-corrected chi connectivity index (χ1v) is 5.61. The maximum Gasteiger partial charge on any atom is 0.0823 e. The Kier molecular flexibility index (Phi) is 2.31. The molecule has 15 heavy (non-hydrogen) atoms. The predicted octanol–water partition coefficient (Wildman–Crippen LogP) is 3.67. The van der Waals surface area contributed by atoms with Crippen LogP contribution >= 0.6 is 0 Å². The predicted molar refractivity (Wildman–Crippen MR) is 61.8 cm³/mol. The van der Waals surface area contributed by atoms with E-state index in [0.29, 0.717) is 5.92 Å². The number of aryl methyl sites for hydroxylation is 1. The highest BCUT2D eigenvalue weighted by atomic mass is 14.5. The van der Waals surface area contributed by atoms with Gasteiger partial charge in [-0.2, -0.15) is 5.26 Å². The standard InChI is InChI=1S/C14H17N/c1-10(2)13-8-12(5-4-11(13)3)14(9-15)6-7-14/h4-5,8,10H,6-7H2,1-3H3. The number of nitriles is 1. The van der Waals surface area contributed by atoms with Gasteiger partial charge in [0.15, 0.2) is 0 Å². The summed E-state index contributed by atoms with van der Waals surface area (Å²) in [6.07, 6.45) is 2.06. The molecule has 1 aliphatic carbocycles. The molecule has 1 saturated carbocycles. The summed E-state index contributed by atoms with van der Waals surface area (Å²) >= 11 is 0. The van der Waals surface area contributed by atoms with E-state index in [-0.39, 0.29) is 5.41 Å². The van der Waals surface area contributed by atoms with Crippen LogP contribution < -0.4 is 0 Å². The summed E-state index contributed by atoms with van der Waals surface area (Å²) in [5, 5.41) is 9.16. The van der Waals surface area contributed by atoms with E-state index in [2.05, 4.69) is 45.0 Å². The monoisotopic (exact) mass is 199 g/mol. The van der Waals surface area contributed by atoms with Gasteiger partial charge < -0.3 is 0 Å². The molecule has 1 nitrogen and oxygen atoms in total. The summed E-state index contributed by atoms with van der Waals surface area (Å²) < 4.78 is 0. The summed E-state index contributed by atoms with van der Waals surface area (Å²) in [7, 11) is 0. The molecule has 2 rings (SSSR count). The van der Waals surface area contributed by atoms with Gasteiger partial charge in [-0.25, -0.2) is 0 Å². The second-order valence-corrected chi connectivity index (χ2v) is 4.92. The van der Waals surface area contributed by atoms with Gasteiger partial charge in [-0.15, -0.1) is 0 Å². The Bertz CT molecular complexity index is 419. The van der Waals surface area contributed by atoms with Crippen LogP contribution in [0, 0.1) is 18.3 Å². The molecule has 0 aromatic heterocycles. The van der Waals surface area contributed by atoms with Crippen LogP contribution in [-0.2, 0) is 5.41 Å². The van der Waals surface area contributed by atoms with Crippen LogP contribution in [0.3, 0.4) is 0 Å². The molecule has 0 atom stereocenters. The molecular formula is C14H17N. The van der Waals surface area contributed by atoms with Crippen LogP contribution in [-0.4, -0.2) is 0 Å². The molecule has 1 heteroatoms. The van der Waals surface area contributed by atoms with E-state index in [9.17, 15) is 0 Å². The van der Waals surface area contributed by atoms with Gasteiger partial charge in [-0.05, 0) is 42.4 Å². The Hall–Kier alpha value is -1.29. The van der Waals surface area contributed by atoms with Gasteiger partial charge in [0.1, 0.15) is 0 Å². The molecule has 78 valence electrons. The maximum absolute atomic E-state index is 9.16. The molecule has 0 aliphatic heterocycles. The Morgan fingerprint density at radius 1 is 1.33 bits per heavy atom. The largest absolute Gasteiger partial charge is 0.197 e. The second-order valence-electron chi connectivity index (χ2n) is 4.92. The molecule has 0 radical (unpaired) electrons. The van der Waals surface area contributed by atoms with Crippen molar-refractivity contribution in [2.45, 2.75) is 44.9 Å². The zero-order chi connectivity index (χ0) is 11.1. The lowest BCUT2D eigenvalue weighted by atomic mass is 9.90. The first-order valence-electron chi connectivity index (χ1n) is 5.61. The first kappa shape index (κ1) is 10.2. The molecule has 0 saturated heterocycles. The van der Waals surface area contributed by atoms with Crippen LogP contribution in [0.2, 0.25) is 0 Å². The molecule has 0 amide bonds. The van der Waals surface area contributed by atoms with Crippen molar-refractivity contribution >= 4 is 0 Å². The number of nitrogens with zero attached hydrogens (tertiary/aromatic N) is 1. The number of rotatable bonds is 2. The van der Waals surface area contributed by atoms with Crippen molar-refractivity contribution in [2.75, 3.05) is 0 Å². The highest BCUT2D eigenvalue weighted by Crippen LogP contribution is 2.48. The van der Waals surface area contributed by atoms with Crippen molar-refractivity contribution in [2.24, 2.45) is 0 Å². The molecule has 0 N–H and O–H groups in total. The highest BCUT2D eigenvalue weighted by molar-refractivity contribution is 5.44. The van der Waals surface area contributed by atoms with Gasteiger partial charge in [0.05, 0.1) is 11.5 Å². The molecule has 1 fully saturated rings. The fourth-order valence-corrected chi connectivity index (χ4v) is 2.15. The Labute approximate surface area is 91.7 Å². The van der Waals surface area contributed by atoms with Gasteiger partial charge in [0, 0.05) is 0 Å². The van der Waals surface area contributed by atoms with E-state index in [0.717, 1.165) is 12.8 Å². The van der Waals surface area contributed by atoms with Crippen molar-refractivity contribution in [3.8, 4) is 6.07 Å². The second kappa shape index (κ2) is 3.38. The van der Waals surface area contributed by atoms with Crippen molar-refractivity contribution in [1.29, 1.82) is 5.26 Å². The highest BCUT2D eigenvalue weighted by Gasteiger charge is 2.44. The number of hydrogen-bond donors (Lipinski definition) is 0. The minimum Gasteiger partial charge on any atom is -0.197 e. The third-order valence-corrected chi connectivity index (χ3v) is 3.42. The topological polar surface area (TPSA) is 23.8 Å². The van der Waals surface area contributed by atoms with Gasteiger partial charge in [-0.3, -0.25) is 0 Å². The van der Waals surface area contributed by atoms with Gasteiger partial charge >= 0.3 is 0 Å². The van der Waals surface area contributed by atoms with Crippen LogP contribution in [0.25, 0.3) is 0 Å². The van der Waals surface area contributed by atoms with Crippen molar-refractivity contribution in [1.82, 2.24) is 0 Å². The van der Waals surface area contributed by atoms with E-state index in [1.54, 1.807) is 0 Å². The van der Waals surface area contributed by atoms with Gasteiger partial charge in [-0.1, -0.05) is 32.0 Å². The maximum atomic E-state index is 9.16. The summed E-state index contributed by atoms with van der Waals surface area (Å²) in [4.78, 5) is 0. The average Bonchev–Trinajstić information content (AvgIpc) is 2.99. The molecule has 1 aromatic rings. The SMILES string of the molecule is Cc1ccc(C2(C#N)CC2)cc1C(C)C. The molecule has 0 bridgehead atoms. The lowest BCUT2D eigenvalue weighted by Crippen LogP contribution is -2.04. The quantitative estimate of drug-likeness (QED) is 0.713. The molecule has 1 aromatic carbocycles. The fourth-order valence-electron chi connectivity index (χ4n) is 2.15. The van der Waals surface area contributed by atoms with E-state index in [1.165, 1.54) is 16.7 Å². The minimum atomic E-state index is -0.142. The summed E-state index contributed by atoms with van der Waals surface area (Å²) in [6.45, 7) is 6.56. The fraction of sp³-hybridized carbons (Fsp3) is 0.500. The van der Waals surface area contributed by atoms with Crippen LogP contribution in [0.1, 0.15) is 49.3 Å². The first-order chi connectivity index (χ1) is 7.09. The average molecular weight is 199 g/mol. The van der Waals surface area contributed by atoms with Gasteiger partial charge in [0.25, 0.3) is 0 Å². The Balaban J connectivity index is 2.44. The molecule has 0 heterocycles. The lowest BCUT2D eigenvalue weighted by Gasteiger charge is -2.14. The van der Waals surface area contributed by atoms with Crippen molar-refractivity contribution < 1.29 is 0 Å². The van der Waals surface area contributed by atoms with E-state index >= 15 is 0 Å². The Morgan fingerprint density at radius 3 is 2.47 bits per heavy atom. The van der Waals surface area contributed by atoms with Crippen LogP contribution in [0.4, 0.5) is 0 Å². The van der Waals surface area contributed by atoms with Crippen LogP contribution in [0.15, 0.2) is 18.2 Å².